The average Bonchev–Trinajstić information content (AvgIpc) is 2.32. The van der Waals surface area contributed by atoms with Gasteiger partial charge in [-0.3, -0.25) is 4.90 Å². The van der Waals surface area contributed by atoms with Gasteiger partial charge in [-0.05, 0) is 6.42 Å². The van der Waals surface area contributed by atoms with Crippen LogP contribution in [0.1, 0.15) is 12.8 Å². The third kappa shape index (κ3) is 1.57. The SMILES string of the molecule is O=C1N2OS(=O)(=O)O[C@]3(F)CC[C@@H]2CN13.[Na]. The molecule has 0 N–H and O–H groups in total. The summed E-state index contributed by atoms with van der Waals surface area (Å²) >= 11 is 0. The molecular weight excluding hydrogens is 254 g/mol. The van der Waals surface area contributed by atoms with Crippen LogP contribution in [0.5, 0.6) is 0 Å². The quantitative estimate of drug-likeness (QED) is 0.427. The zero-order chi connectivity index (χ0) is 10.8. The molecule has 2 amide bonds. The first-order valence-corrected chi connectivity index (χ1v) is 5.70. The minimum atomic E-state index is -4.48. The molecule has 16 heavy (non-hydrogen) atoms. The molecule has 3 rings (SSSR count). The molecule has 3 bridgehead atoms. The van der Waals surface area contributed by atoms with E-state index >= 15 is 0 Å². The number of nitrogens with zero attached hydrogens (tertiary/aromatic N) is 2. The summed E-state index contributed by atoms with van der Waals surface area (Å²) in [5.41, 5.74) is 0. The van der Waals surface area contributed by atoms with Crippen molar-refractivity contribution in [2.24, 2.45) is 0 Å². The van der Waals surface area contributed by atoms with Crippen LogP contribution in [0.3, 0.4) is 0 Å². The van der Waals surface area contributed by atoms with Crippen LogP contribution < -0.4 is 0 Å². The van der Waals surface area contributed by atoms with E-state index in [1.54, 1.807) is 0 Å². The molecule has 85 valence electrons. The van der Waals surface area contributed by atoms with Gasteiger partial charge in [0.05, 0.1) is 12.6 Å². The minimum Gasteiger partial charge on any atom is -0.264 e. The molecule has 3 heterocycles. The van der Waals surface area contributed by atoms with Gasteiger partial charge in [-0.15, -0.1) is 4.28 Å². The number of hydrogen-bond donors (Lipinski definition) is 0. The summed E-state index contributed by atoms with van der Waals surface area (Å²) in [5.74, 6) is -2.59. The van der Waals surface area contributed by atoms with Crippen molar-refractivity contribution < 1.29 is 26.1 Å². The van der Waals surface area contributed by atoms with Gasteiger partial charge in [0.2, 0.25) is 0 Å². The zero-order valence-electron chi connectivity index (χ0n) is 8.42. The van der Waals surface area contributed by atoms with Crippen LogP contribution in [0.15, 0.2) is 0 Å². The van der Waals surface area contributed by atoms with Gasteiger partial charge in [0.1, 0.15) is 0 Å². The van der Waals surface area contributed by atoms with E-state index in [-0.39, 0.29) is 42.5 Å². The molecule has 0 aromatic rings. The van der Waals surface area contributed by atoms with E-state index in [4.69, 9.17) is 0 Å². The number of carbonyl (C=O) groups is 1. The van der Waals surface area contributed by atoms with Crippen molar-refractivity contribution in [3.05, 3.63) is 0 Å². The summed E-state index contributed by atoms with van der Waals surface area (Å²) in [6, 6.07) is -1.22. The smallest absolute Gasteiger partial charge is 0.264 e. The summed E-state index contributed by atoms with van der Waals surface area (Å²) in [6.45, 7) is 0.0881. The monoisotopic (exact) mass is 261 g/mol. The molecule has 7 nitrogen and oxygen atoms in total. The Kier molecular flexibility index (Phi) is 2.76. The van der Waals surface area contributed by atoms with Gasteiger partial charge in [-0.1, -0.05) is 0 Å². The number of fused-ring (bicyclic) bond motifs is 3. The topological polar surface area (TPSA) is 76.1 Å². The normalized spacial score (nSPS) is 39.6. The molecule has 0 aromatic carbocycles. The molecule has 3 saturated heterocycles. The van der Waals surface area contributed by atoms with Gasteiger partial charge in [-0.25, -0.2) is 4.79 Å². The number of rotatable bonds is 0. The Bertz CT molecular complexity index is 444. The molecule has 1 radical (unpaired) electrons. The zero-order valence-corrected chi connectivity index (χ0v) is 11.2. The van der Waals surface area contributed by atoms with Crippen LogP contribution in [-0.2, 0) is 18.9 Å². The second-order valence-electron chi connectivity index (χ2n) is 3.67. The summed E-state index contributed by atoms with van der Waals surface area (Å²) in [7, 11) is -4.48. The van der Waals surface area contributed by atoms with Crippen LogP contribution in [0.2, 0.25) is 0 Å². The first kappa shape index (κ1) is 12.5. The molecule has 3 fully saturated rings. The van der Waals surface area contributed by atoms with Crippen LogP contribution in [0.4, 0.5) is 9.18 Å². The van der Waals surface area contributed by atoms with Gasteiger partial charge < -0.3 is 0 Å². The van der Waals surface area contributed by atoms with E-state index in [0.29, 0.717) is 11.5 Å². The summed E-state index contributed by atoms with van der Waals surface area (Å²) in [5, 5.41) is 0.670. The fourth-order valence-corrected chi connectivity index (χ4v) is 2.95. The third-order valence-corrected chi connectivity index (χ3v) is 3.54. The number of amides is 2. The van der Waals surface area contributed by atoms with Crippen LogP contribution >= 0.6 is 0 Å². The Balaban J connectivity index is 0.000000963. The first-order chi connectivity index (χ1) is 6.91. The summed E-state index contributed by atoms with van der Waals surface area (Å²) in [4.78, 5) is 12.2. The molecular formula is C6H7FN2NaO5S. The van der Waals surface area contributed by atoms with Crippen molar-refractivity contribution >= 4 is 46.0 Å². The molecule has 0 unspecified atom stereocenters. The van der Waals surface area contributed by atoms with Gasteiger partial charge in [0.15, 0.2) is 0 Å². The van der Waals surface area contributed by atoms with Crippen molar-refractivity contribution in [2.75, 3.05) is 6.54 Å². The molecule has 0 saturated carbocycles. The van der Waals surface area contributed by atoms with E-state index in [1.165, 1.54) is 0 Å². The fraction of sp³-hybridized carbons (Fsp3) is 0.833. The van der Waals surface area contributed by atoms with Crippen molar-refractivity contribution in [2.45, 2.75) is 24.9 Å². The number of piperidine rings is 1. The fourth-order valence-electron chi connectivity index (χ4n) is 2.05. The Hall–Kier alpha value is 0.0700. The molecule has 0 aliphatic carbocycles. The van der Waals surface area contributed by atoms with Gasteiger partial charge in [0, 0.05) is 36.0 Å². The van der Waals surface area contributed by atoms with Crippen LogP contribution in [-0.4, -0.2) is 72.5 Å². The molecule has 2 atom stereocenters. The maximum atomic E-state index is 14.0. The maximum Gasteiger partial charge on any atom is 0.425 e. The van der Waals surface area contributed by atoms with Crippen LogP contribution in [0, 0.1) is 0 Å². The van der Waals surface area contributed by atoms with Crippen molar-refractivity contribution in [1.29, 1.82) is 0 Å². The Morgan fingerprint density at radius 2 is 2.19 bits per heavy atom. The number of alkyl halides is 1. The maximum absolute atomic E-state index is 14.0. The minimum absolute atomic E-state index is 0. The van der Waals surface area contributed by atoms with E-state index in [1.807, 2.05) is 0 Å². The first-order valence-electron chi connectivity index (χ1n) is 4.36. The average molecular weight is 261 g/mol. The number of carbonyl (C=O) groups excluding carboxylic acids is 1. The summed E-state index contributed by atoms with van der Waals surface area (Å²) in [6.07, 6.45) is 0.150. The second-order valence-corrected chi connectivity index (χ2v) is 4.80. The van der Waals surface area contributed by atoms with Crippen molar-refractivity contribution in [3.63, 3.8) is 0 Å². The van der Waals surface area contributed by atoms with E-state index in [0.717, 1.165) is 4.90 Å². The molecule has 3 aliphatic heterocycles. The predicted octanol–water partition coefficient (Wildman–Crippen LogP) is -0.664. The molecule has 0 spiro atoms. The summed E-state index contributed by atoms with van der Waals surface area (Å²) < 4.78 is 44.8. The van der Waals surface area contributed by atoms with Gasteiger partial charge in [0.25, 0.3) is 0 Å². The predicted molar refractivity (Wildman–Crippen MR) is 47.6 cm³/mol. The second kappa shape index (κ2) is 3.53. The Morgan fingerprint density at radius 1 is 1.50 bits per heavy atom. The number of urea groups is 1. The van der Waals surface area contributed by atoms with E-state index in [9.17, 15) is 17.6 Å². The largest absolute Gasteiger partial charge is 0.425 e. The molecule has 3 aliphatic rings. The van der Waals surface area contributed by atoms with E-state index < -0.39 is 28.5 Å². The number of hydrogen-bond acceptors (Lipinski definition) is 5. The third-order valence-electron chi connectivity index (χ3n) is 2.73. The number of hydroxylamine groups is 2. The molecule has 0 aromatic heterocycles. The van der Waals surface area contributed by atoms with Crippen molar-refractivity contribution in [3.8, 4) is 0 Å². The van der Waals surface area contributed by atoms with Gasteiger partial charge in [-0.2, -0.15) is 22.1 Å². The molecule has 10 heteroatoms. The van der Waals surface area contributed by atoms with Crippen molar-refractivity contribution in [1.82, 2.24) is 9.96 Å². The Morgan fingerprint density at radius 3 is 2.88 bits per heavy atom. The van der Waals surface area contributed by atoms with Crippen LogP contribution in [0.25, 0.3) is 0 Å². The Labute approximate surface area is 113 Å². The number of halogens is 1. The van der Waals surface area contributed by atoms with Gasteiger partial charge >= 0.3 is 22.4 Å². The standard InChI is InChI=1S/C6H7FN2O5S.Na/c7-6-2-1-4-3-8(6)5(10)9(4)14-15(11,12)13-6;/h4H,1-3H2;/t4-,6+;/m1./s1. The van der Waals surface area contributed by atoms with E-state index in [2.05, 4.69) is 8.47 Å².